The van der Waals surface area contributed by atoms with Gasteiger partial charge >= 0.3 is 5.97 Å². The summed E-state index contributed by atoms with van der Waals surface area (Å²) in [5.74, 6) is -0.840. The minimum Gasteiger partial charge on any atom is -0.481 e. The molecule has 2 rings (SSSR count). The van der Waals surface area contributed by atoms with Gasteiger partial charge in [-0.05, 0) is 0 Å². The fourth-order valence-electron chi connectivity index (χ4n) is 0.905. The molecule has 0 radical (unpaired) electrons. The van der Waals surface area contributed by atoms with E-state index in [2.05, 4.69) is 20.2 Å². The summed E-state index contributed by atoms with van der Waals surface area (Å²) < 4.78 is 5.20. The summed E-state index contributed by atoms with van der Waals surface area (Å²) in [7, 11) is 0. The van der Waals surface area contributed by atoms with Crippen molar-refractivity contribution in [2.75, 3.05) is 5.75 Å². The maximum absolute atomic E-state index is 10.3. The van der Waals surface area contributed by atoms with Crippen LogP contribution in [-0.2, 0) is 4.79 Å². The second-order valence-electron chi connectivity index (χ2n) is 2.65. The first-order valence-corrected chi connectivity index (χ1v) is 5.19. The molecular formula is C8H6N4O3S. The van der Waals surface area contributed by atoms with E-state index in [0.717, 1.165) is 11.8 Å². The van der Waals surface area contributed by atoms with Gasteiger partial charge in [-0.15, -0.1) is 10.2 Å². The molecule has 2 aromatic rings. The lowest BCUT2D eigenvalue weighted by molar-refractivity contribution is -0.133. The molecule has 2 aromatic heterocycles. The number of rotatable bonds is 4. The van der Waals surface area contributed by atoms with Gasteiger partial charge in [-0.25, -0.2) is 4.98 Å². The van der Waals surface area contributed by atoms with Gasteiger partial charge < -0.3 is 9.52 Å². The minimum atomic E-state index is -0.941. The summed E-state index contributed by atoms with van der Waals surface area (Å²) in [6.45, 7) is 0. The van der Waals surface area contributed by atoms with Crippen LogP contribution < -0.4 is 0 Å². The van der Waals surface area contributed by atoms with Crippen LogP contribution in [0.25, 0.3) is 11.6 Å². The lowest BCUT2D eigenvalue weighted by Gasteiger charge is -1.90. The Bertz CT molecular complexity index is 487. The van der Waals surface area contributed by atoms with E-state index < -0.39 is 5.97 Å². The Labute approximate surface area is 93.9 Å². The maximum Gasteiger partial charge on any atom is 0.314 e. The molecule has 0 atom stereocenters. The number of carboxylic acids is 1. The maximum atomic E-state index is 10.3. The van der Waals surface area contributed by atoms with E-state index in [9.17, 15) is 4.79 Å². The van der Waals surface area contributed by atoms with Gasteiger partial charge in [0.15, 0.2) is 0 Å². The van der Waals surface area contributed by atoms with Gasteiger partial charge in [0.05, 0.1) is 6.20 Å². The topological polar surface area (TPSA) is 102 Å². The van der Waals surface area contributed by atoms with Crippen molar-refractivity contribution < 1.29 is 14.3 Å². The molecule has 8 heteroatoms. The van der Waals surface area contributed by atoms with Gasteiger partial charge in [-0.2, -0.15) is 0 Å². The molecule has 0 fully saturated rings. The molecule has 0 unspecified atom stereocenters. The fourth-order valence-corrected chi connectivity index (χ4v) is 1.39. The fraction of sp³-hybridized carbons (Fsp3) is 0.125. The first-order valence-electron chi connectivity index (χ1n) is 4.20. The molecule has 0 saturated heterocycles. The lowest BCUT2D eigenvalue weighted by atomic mass is 10.4. The minimum absolute atomic E-state index is 0.123. The Morgan fingerprint density at radius 3 is 3.00 bits per heavy atom. The lowest BCUT2D eigenvalue weighted by Crippen LogP contribution is -1.97. The van der Waals surface area contributed by atoms with Gasteiger partial charge in [0.25, 0.3) is 11.1 Å². The van der Waals surface area contributed by atoms with E-state index in [1.807, 2.05) is 0 Å². The Balaban J connectivity index is 2.11. The van der Waals surface area contributed by atoms with E-state index in [-0.39, 0.29) is 16.9 Å². The van der Waals surface area contributed by atoms with Crippen molar-refractivity contribution in [1.29, 1.82) is 0 Å². The highest BCUT2D eigenvalue weighted by atomic mass is 32.2. The van der Waals surface area contributed by atoms with Crippen molar-refractivity contribution in [2.24, 2.45) is 0 Å². The van der Waals surface area contributed by atoms with Gasteiger partial charge in [-0.3, -0.25) is 9.78 Å². The quantitative estimate of drug-likeness (QED) is 0.776. The number of hydrogen-bond donors (Lipinski definition) is 1. The number of nitrogens with zero attached hydrogens (tertiary/aromatic N) is 4. The Morgan fingerprint density at radius 1 is 1.44 bits per heavy atom. The summed E-state index contributed by atoms with van der Waals surface area (Å²) in [6, 6.07) is 0. The predicted octanol–water partition coefficient (Wildman–Crippen LogP) is 0.703. The van der Waals surface area contributed by atoms with Crippen LogP contribution in [-0.4, -0.2) is 37.0 Å². The van der Waals surface area contributed by atoms with Gasteiger partial charge in [0, 0.05) is 12.4 Å². The summed E-state index contributed by atoms with van der Waals surface area (Å²) in [5.41, 5.74) is 0.456. The first kappa shape index (κ1) is 10.6. The third-order valence-corrected chi connectivity index (χ3v) is 2.31. The molecule has 7 nitrogen and oxygen atoms in total. The molecule has 0 aliphatic carbocycles. The van der Waals surface area contributed by atoms with Crippen LogP contribution in [0.15, 0.2) is 28.2 Å². The highest BCUT2D eigenvalue weighted by Gasteiger charge is 2.11. The van der Waals surface area contributed by atoms with Crippen molar-refractivity contribution in [3.63, 3.8) is 0 Å². The van der Waals surface area contributed by atoms with E-state index >= 15 is 0 Å². The highest BCUT2D eigenvalue weighted by Crippen LogP contribution is 2.20. The predicted molar refractivity (Wildman–Crippen MR) is 53.7 cm³/mol. The summed E-state index contributed by atoms with van der Waals surface area (Å²) in [5, 5.41) is 16.1. The van der Waals surface area contributed by atoms with Gasteiger partial charge in [0.1, 0.15) is 11.4 Å². The van der Waals surface area contributed by atoms with E-state index in [1.165, 1.54) is 18.6 Å². The smallest absolute Gasteiger partial charge is 0.314 e. The summed E-state index contributed by atoms with van der Waals surface area (Å²) >= 11 is 0.956. The SMILES string of the molecule is O=C(O)CSc1nnc(-c2cnccn2)o1. The number of carboxylic acid groups (broad SMARTS) is 1. The van der Waals surface area contributed by atoms with Crippen LogP contribution in [0.3, 0.4) is 0 Å². The van der Waals surface area contributed by atoms with Crippen LogP contribution in [0.4, 0.5) is 0 Å². The number of thioether (sulfide) groups is 1. The van der Waals surface area contributed by atoms with Crippen molar-refractivity contribution in [3.8, 4) is 11.6 Å². The van der Waals surface area contributed by atoms with E-state index in [4.69, 9.17) is 9.52 Å². The van der Waals surface area contributed by atoms with Crippen LogP contribution in [0.2, 0.25) is 0 Å². The molecule has 0 saturated carbocycles. The summed E-state index contributed by atoms with van der Waals surface area (Å²) in [6.07, 6.45) is 4.52. The van der Waals surface area contributed by atoms with Crippen LogP contribution in [0, 0.1) is 0 Å². The molecular weight excluding hydrogens is 232 g/mol. The highest BCUT2D eigenvalue weighted by molar-refractivity contribution is 7.99. The normalized spacial score (nSPS) is 10.2. The van der Waals surface area contributed by atoms with Crippen molar-refractivity contribution in [2.45, 2.75) is 5.22 Å². The molecule has 82 valence electrons. The molecule has 0 aromatic carbocycles. The van der Waals surface area contributed by atoms with Crippen molar-refractivity contribution in [3.05, 3.63) is 18.6 Å². The second-order valence-corrected chi connectivity index (χ2v) is 3.57. The van der Waals surface area contributed by atoms with Crippen LogP contribution >= 0.6 is 11.8 Å². The van der Waals surface area contributed by atoms with Crippen LogP contribution in [0.1, 0.15) is 0 Å². The van der Waals surface area contributed by atoms with Crippen molar-refractivity contribution in [1.82, 2.24) is 20.2 Å². The second kappa shape index (κ2) is 4.71. The summed E-state index contributed by atoms with van der Waals surface area (Å²) in [4.78, 5) is 18.1. The Hall–Kier alpha value is -1.96. The average Bonchev–Trinajstić information content (AvgIpc) is 2.76. The molecule has 0 bridgehead atoms. The van der Waals surface area contributed by atoms with Crippen LogP contribution in [0.5, 0.6) is 0 Å². The zero-order chi connectivity index (χ0) is 11.4. The van der Waals surface area contributed by atoms with Gasteiger partial charge in [-0.1, -0.05) is 11.8 Å². The monoisotopic (exact) mass is 238 g/mol. The molecule has 0 aliphatic rings. The Kier molecular flexibility index (Phi) is 3.10. The van der Waals surface area contributed by atoms with E-state index in [1.54, 1.807) is 0 Å². The zero-order valence-electron chi connectivity index (χ0n) is 7.90. The van der Waals surface area contributed by atoms with Crippen molar-refractivity contribution >= 4 is 17.7 Å². The third kappa shape index (κ3) is 2.54. The average molecular weight is 238 g/mol. The molecule has 2 heterocycles. The van der Waals surface area contributed by atoms with Gasteiger partial charge in [0.2, 0.25) is 0 Å². The largest absolute Gasteiger partial charge is 0.481 e. The molecule has 0 aliphatic heterocycles. The molecule has 0 amide bonds. The zero-order valence-corrected chi connectivity index (χ0v) is 8.72. The number of aromatic nitrogens is 4. The molecule has 0 spiro atoms. The molecule has 1 N–H and O–H groups in total. The Morgan fingerprint density at radius 2 is 2.31 bits per heavy atom. The number of aliphatic carboxylic acids is 1. The standard InChI is InChI=1S/C8H6N4O3S/c13-6(14)4-16-8-12-11-7(15-8)5-3-9-1-2-10-5/h1-3H,4H2,(H,13,14). The third-order valence-electron chi connectivity index (χ3n) is 1.51. The van der Waals surface area contributed by atoms with E-state index in [0.29, 0.717) is 5.69 Å². The number of carbonyl (C=O) groups is 1. The molecule has 16 heavy (non-hydrogen) atoms. The first-order chi connectivity index (χ1) is 7.75. The number of hydrogen-bond acceptors (Lipinski definition) is 7.